The molecule has 2 aromatic heterocycles. The number of carbonyl (C=O) groups is 2. The Kier molecular flexibility index (Phi) is 7.11. The lowest BCUT2D eigenvalue weighted by Crippen LogP contribution is -2.14. The average Bonchev–Trinajstić information content (AvgIpc) is 3.37. The van der Waals surface area contributed by atoms with Crippen molar-refractivity contribution in [3.05, 3.63) is 40.3 Å². The lowest BCUT2D eigenvalue weighted by atomic mass is 9.96. The molecule has 1 aromatic carbocycles. The van der Waals surface area contributed by atoms with E-state index in [1.807, 2.05) is 35.8 Å². The number of thiophene rings is 1. The Hall–Kier alpha value is -3.16. The molecule has 1 aliphatic carbocycles. The first-order chi connectivity index (χ1) is 16.0. The highest BCUT2D eigenvalue weighted by Gasteiger charge is 2.22. The first kappa shape index (κ1) is 23.0. The van der Waals surface area contributed by atoms with E-state index >= 15 is 0 Å². The normalized spacial score (nSPS) is 12.6. The molecule has 0 fully saturated rings. The molecule has 170 valence electrons. The number of benzene rings is 1. The van der Waals surface area contributed by atoms with E-state index in [2.05, 4.69) is 26.9 Å². The number of rotatable bonds is 7. The molecular weight excluding hydrogens is 456 g/mol. The highest BCUT2D eigenvalue weighted by Crippen LogP contribution is 2.37. The summed E-state index contributed by atoms with van der Waals surface area (Å²) in [5, 5.41) is 25.2. The molecule has 1 aliphatic rings. The van der Waals surface area contributed by atoms with Gasteiger partial charge in [0.15, 0.2) is 11.0 Å². The van der Waals surface area contributed by atoms with E-state index in [-0.39, 0.29) is 17.6 Å². The molecule has 33 heavy (non-hydrogen) atoms. The van der Waals surface area contributed by atoms with E-state index in [1.54, 1.807) is 0 Å². The lowest BCUT2D eigenvalue weighted by molar-refractivity contribution is -0.114. The van der Waals surface area contributed by atoms with Crippen LogP contribution in [0.4, 0.5) is 10.7 Å². The van der Waals surface area contributed by atoms with Crippen LogP contribution in [0.1, 0.15) is 42.7 Å². The van der Waals surface area contributed by atoms with Crippen LogP contribution in [0.5, 0.6) is 0 Å². The fourth-order valence-corrected chi connectivity index (χ4v) is 5.96. The number of aryl methyl sites for hydroxylation is 1. The SMILES string of the molecule is CCn1c(SCC(=O)Nc2sc3c(c2C#N)CCCC3)nnc1-c1cccc(NC(C)=O)c1. The van der Waals surface area contributed by atoms with Crippen LogP contribution >= 0.6 is 23.1 Å². The number of carbonyl (C=O) groups excluding carboxylic acids is 2. The summed E-state index contributed by atoms with van der Waals surface area (Å²) in [7, 11) is 0. The molecule has 4 rings (SSSR count). The second kappa shape index (κ2) is 10.2. The minimum Gasteiger partial charge on any atom is -0.326 e. The number of amides is 2. The third kappa shape index (κ3) is 5.10. The number of aromatic nitrogens is 3. The van der Waals surface area contributed by atoms with E-state index in [0.717, 1.165) is 36.8 Å². The van der Waals surface area contributed by atoms with Gasteiger partial charge in [0.05, 0.1) is 11.3 Å². The first-order valence-electron chi connectivity index (χ1n) is 10.8. The van der Waals surface area contributed by atoms with Gasteiger partial charge in [-0.15, -0.1) is 21.5 Å². The van der Waals surface area contributed by atoms with Crippen molar-refractivity contribution in [2.45, 2.75) is 51.2 Å². The number of hydrogen-bond acceptors (Lipinski definition) is 7. The molecular formula is C23H24N6O2S2. The summed E-state index contributed by atoms with van der Waals surface area (Å²) in [6, 6.07) is 9.70. The standard InChI is InChI=1S/C23H24N6O2S2/c1-3-29-21(15-7-6-8-16(11-15)25-14(2)30)27-28-23(29)32-13-20(31)26-22-18(12-24)17-9-4-5-10-19(17)33-22/h6-8,11H,3-5,9-10,13H2,1-2H3,(H,25,30)(H,26,31). The fraction of sp³-hybridized carbons (Fsp3) is 0.348. The topological polar surface area (TPSA) is 113 Å². The molecule has 0 atom stereocenters. The van der Waals surface area contributed by atoms with Crippen molar-refractivity contribution in [2.75, 3.05) is 16.4 Å². The van der Waals surface area contributed by atoms with Crippen molar-refractivity contribution in [2.24, 2.45) is 0 Å². The Morgan fingerprint density at radius 1 is 1.24 bits per heavy atom. The van der Waals surface area contributed by atoms with Gasteiger partial charge in [-0.2, -0.15) is 5.26 Å². The average molecular weight is 481 g/mol. The number of hydrogen-bond donors (Lipinski definition) is 2. The molecule has 10 heteroatoms. The van der Waals surface area contributed by atoms with Crippen LogP contribution in [0.2, 0.25) is 0 Å². The summed E-state index contributed by atoms with van der Waals surface area (Å²) in [4.78, 5) is 25.2. The molecule has 2 N–H and O–H groups in total. The Labute approximate surface area is 200 Å². The van der Waals surface area contributed by atoms with Crippen LogP contribution in [-0.4, -0.2) is 32.3 Å². The van der Waals surface area contributed by atoms with E-state index in [1.165, 1.54) is 34.9 Å². The smallest absolute Gasteiger partial charge is 0.235 e. The number of nitriles is 1. The second-order valence-electron chi connectivity index (χ2n) is 7.68. The van der Waals surface area contributed by atoms with Gasteiger partial charge in [-0.1, -0.05) is 23.9 Å². The zero-order valence-corrected chi connectivity index (χ0v) is 20.1. The van der Waals surface area contributed by atoms with Crippen LogP contribution in [0.3, 0.4) is 0 Å². The molecule has 0 aliphatic heterocycles. The third-order valence-corrected chi connectivity index (χ3v) is 7.52. The zero-order valence-electron chi connectivity index (χ0n) is 18.5. The largest absolute Gasteiger partial charge is 0.326 e. The number of nitrogens with one attached hydrogen (secondary N) is 2. The van der Waals surface area contributed by atoms with Gasteiger partial charge in [-0.3, -0.25) is 9.59 Å². The van der Waals surface area contributed by atoms with E-state index in [9.17, 15) is 14.9 Å². The molecule has 2 heterocycles. The van der Waals surface area contributed by atoms with Crippen LogP contribution in [0.15, 0.2) is 29.4 Å². The Bertz CT molecular complexity index is 1240. The van der Waals surface area contributed by atoms with Gasteiger partial charge in [0, 0.05) is 29.6 Å². The van der Waals surface area contributed by atoms with Crippen LogP contribution < -0.4 is 10.6 Å². The van der Waals surface area contributed by atoms with Gasteiger partial charge < -0.3 is 15.2 Å². The minimum atomic E-state index is -0.171. The van der Waals surface area contributed by atoms with E-state index in [0.29, 0.717) is 33.8 Å². The quantitative estimate of drug-likeness (QED) is 0.483. The van der Waals surface area contributed by atoms with Crippen LogP contribution in [0.25, 0.3) is 11.4 Å². The minimum absolute atomic E-state index is 0.141. The predicted octanol–water partition coefficient (Wildman–Crippen LogP) is 4.47. The maximum Gasteiger partial charge on any atom is 0.235 e. The molecule has 0 unspecified atom stereocenters. The molecule has 0 radical (unpaired) electrons. The van der Waals surface area contributed by atoms with Crippen molar-refractivity contribution in [1.82, 2.24) is 14.8 Å². The molecule has 3 aromatic rings. The van der Waals surface area contributed by atoms with Crippen molar-refractivity contribution < 1.29 is 9.59 Å². The number of nitrogens with zero attached hydrogens (tertiary/aromatic N) is 4. The lowest BCUT2D eigenvalue weighted by Gasteiger charge is -2.09. The van der Waals surface area contributed by atoms with Gasteiger partial charge in [0.2, 0.25) is 11.8 Å². The highest BCUT2D eigenvalue weighted by atomic mass is 32.2. The third-order valence-electron chi connectivity index (χ3n) is 5.34. The molecule has 0 saturated carbocycles. The van der Waals surface area contributed by atoms with Crippen LogP contribution in [-0.2, 0) is 29.0 Å². The second-order valence-corrected chi connectivity index (χ2v) is 9.72. The van der Waals surface area contributed by atoms with Gasteiger partial charge >= 0.3 is 0 Å². The zero-order chi connectivity index (χ0) is 23.4. The maximum absolute atomic E-state index is 12.7. The van der Waals surface area contributed by atoms with E-state index in [4.69, 9.17) is 0 Å². The Morgan fingerprint density at radius 3 is 2.82 bits per heavy atom. The molecule has 2 amide bonds. The molecule has 0 saturated heterocycles. The first-order valence-corrected chi connectivity index (χ1v) is 12.6. The molecule has 0 bridgehead atoms. The summed E-state index contributed by atoms with van der Waals surface area (Å²) in [6.45, 7) is 4.09. The van der Waals surface area contributed by atoms with Gasteiger partial charge in [-0.05, 0) is 50.3 Å². The number of thioether (sulfide) groups is 1. The van der Waals surface area contributed by atoms with Gasteiger partial charge in [0.25, 0.3) is 0 Å². The van der Waals surface area contributed by atoms with Gasteiger partial charge in [-0.25, -0.2) is 0 Å². The number of fused-ring (bicyclic) bond motifs is 1. The summed E-state index contributed by atoms with van der Waals surface area (Å²) in [6.07, 6.45) is 4.10. The van der Waals surface area contributed by atoms with Crippen molar-refractivity contribution in [3.8, 4) is 17.5 Å². The summed E-state index contributed by atoms with van der Waals surface area (Å²) >= 11 is 2.83. The monoisotopic (exact) mass is 480 g/mol. The van der Waals surface area contributed by atoms with Crippen molar-refractivity contribution in [3.63, 3.8) is 0 Å². The van der Waals surface area contributed by atoms with Crippen molar-refractivity contribution >= 4 is 45.6 Å². The Balaban J connectivity index is 1.46. The van der Waals surface area contributed by atoms with Crippen molar-refractivity contribution in [1.29, 1.82) is 5.26 Å². The fourth-order valence-electron chi connectivity index (χ4n) is 3.90. The number of anilines is 2. The summed E-state index contributed by atoms with van der Waals surface area (Å²) in [5.41, 5.74) is 3.24. The van der Waals surface area contributed by atoms with Gasteiger partial charge in [0.1, 0.15) is 11.1 Å². The molecule has 8 nitrogen and oxygen atoms in total. The maximum atomic E-state index is 12.7. The van der Waals surface area contributed by atoms with Crippen LogP contribution in [0, 0.1) is 11.3 Å². The summed E-state index contributed by atoms with van der Waals surface area (Å²) < 4.78 is 1.94. The predicted molar refractivity (Wildman–Crippen MR) is 130 cm³/mol. The summed E-state index contributed by atoms with van der Waals surface area (Å²) in [5.74, 6) is 0.523. The molecule has 0 spiro atoms. The highest BCUT2D eigenvalue weighted by molar-refractivity contribution is 7.99. The Morgan fingerprint density at radius 2 is 2.06 bits per heavy atom. The van der Waals surface area contributed by atoms with E-state index < -0.39 is 0 Å².